The van der Waals surface area contributed by atoms with Gasteiger partial charge < -0.3 is 9.84 Å². The van der Waals surface area contributed by atoms with Crippen LogP contribution < -0.4 is 0 Å². The van der Waals surface area contributed by atoms with Gasteiger partial charge in [-0.2, -0.15) is 0 Å². The molecule has 12 heavy (non-hydrogen) atoms. The van der Waals surface area contributed by atoms with Crippen molar-refractivity contribution in [3.05, 3.63) is 0 Å². The van der Waals surface area contributed by atoms with Crippen molar-refractivity contribution in [3.63, 3.8) is 0 Å². The Morgan fingerprint density at radius 2 is 2.42 bits per heavy atom. The Hall–Kier alpha value is 0.250. The van der Waals surface area contributed by atoms with Crippen molar-refractivity contribution in [1.82, 2.24) is 4.67 Å². The summed E-state index contributed by atoms with van der Waals surface area (Å²) in [5.74, 6) is -0.572. The van der Waals surface area contributed by atoms with E-state index in [0.717, 1.165) is 6.29 Å². The summed E-state index contributed by atoms with van der Waals surface area (Å²) in [6, 6.07) is 0. The minimum absolute atomic E-state index is 0.338. The van der Waals surface area contributed by atoms with Gasteiger partial charge in [0.15, 0.2) is 6.10 Å². The monoisotopic (exact) mass is 211 g/mol. The van der Waals surface area contributed by atoms with Gasteiger partial charge in [-0.1, -0.05) is 8.73 Å². The van der Waals surface area contributed by atoms with Crippen molar-refractivity contribution in [2.24, 2.45) is 0 Å². The number of esters is 1. The van der Waals surface area contributed by atoms with Gasteiger partial charge in [0.05, 0.1) is 7.11 Å². The standard InChI is InChI=1S/C6H15NO3P2/c1-10-6(9)5(8)3-7(4-11)12-2/h5,8,12H,3-4,11H2,1-2H3/t5-/m0/s1. The fourth-order valence-corrected chi connectivity index (χ4v) is 1.91. The maximum absolute atomic E-state index is 10.8. The fraction of sp³-hybridized carbons (Fsp3) is 0.833. The Bertz CT molecular complexity index is 141. The molecule has 3 atom stereocenters. The Kier molecular flexibility index (Phi) is 6.87. The second-order valence-corrected chi connectivity index (χ2v) is 3.61. The number of aliphatic hydroxyl groups is 1. The molecule has 0 bridgehead atoms. The number of ether oxygens (including phenoxy) is 1. The summed E-state index contributed by atoms with van der Waals surface area (Å²) in [4.78, 5) is 10.8. The Morgan fingerprint density at radius 3 is 2.75 bits per heavy atom. The van der Waals surface area contributed by atoms with Gasteiger partial charge >= 0.3 is 5.97 Å². The van der Waals surface area contributed by atoms with E-state index in [1.807, 2.05) is 11.3 Å². The van der Waals surface area contributed by atoms with Crippen LogP contribution in [0.2, 0.25) is 0 Å². The van der Waals surface area contributed by atoms with Crippen LogP contribution in [0.5, 0.6) is 0 Å². The molecular formula is C6H15NO3P2. The number of carbonyl (C=O) groups excluding carboxylic acids is 1. The van der Waals surface area contributed by atoms with Crippen LogP contribution >= 0.6 is 18.0 Å². The molecule has 0 aliphatic carbocycles. The molecule has 0 heterocycles. The number of aliphatic hydroxyl groups excluding tert-OH is 1. The zero-order valence-corrected chi connectivity index (χ0v) is 9.43. The van der Waals surface area contributed by atoms with Crippen molar-refractivity contribution in [2.75, 3.05) is 26.6 Å². The molecule has 0 spiro atoms. The molecule has 0 fully saturated rings. The molecule has 0 amide bonds. The first-order valence-corrected chi connectivity index (χ1v) is 5.80. The topological polar surface area (TPSA) is 49.8 Å². The molecule has 72 valence electrons. The maximum Gasteiger partial charge on any atom is 0.336 e. The van der Waals surface area contributed by atoms with Crippen LogP contribution in [-0.4, -0.2) is 48.5 Å². The molecule has 1 N–H and O–H groups in total. The summed E-state index contributed by atoms with van der Waals surface area (Å²) >= 11 is 0. The van der Waals surface area contributed by atoms with Crippen LogP contribution in [0.25, 0.3) is 0 Å². The van der Waals surface area contributed by atoms with E-state index in [2.05, 4.69) is 14.0 Å². The van der Waals surface area contributed by atoms with Crippen LogP contribution in [0.1, 0.15) is 0 Å². The van der Waals surface area contributed by atoms with E-state index in [4.69, 9.17) is 0 Å². The van der Waals surface area contributed by atoms with Crippen LogP contribution in [0.4, 0.5) is 0 Å². The number of carbonyl (C=O) groups is 1. The van der Waals surface area contributed by atoms with Crippen molar-refractivity contribution >= 4 is 23.9 Å². The molecule has 2 unspecified atom stereocenters. The average Bonchev–Trinajstić information content (AvgIpc) is 2.12. The highest BCUT2D eigenvalue weighted by Gasteiger charge is 2.17. The Balaban J connectivity index is 3.80. The van der Waals surface area contributed by atoms with E-state index in [-0.39, 0.29) is 0 Å². The lowest BCUT2D eigenvalue weighted by Crippen LogP contribution is -2.32. The molecule has 0 radical (unpaired) electrons. The third kappa shape index (κ3) is 4.32. The van der Waals surface area contributed by atoms with E-state index < -0.39 is 12.1 Å². The van der Waals surface area contributed by atoms with E-state index in [1.165, 1.54) is 7.11 Å². The number of nitrogens with zero attached hydrogens (tertiary/aromatic N) is 1. The van der Waals surface area contributed by atoms with Crippen LogP contribution in [0.3, 0.4) is 0 Å². The summed E-state index contributed by atoms with van der Waals surface area (Å²) < 4.78 is 6.33. The Morgan fingerprint density at radius 1 is 1.83 bits per heavy atom. The third-order valence-corrected chi connectivity index (χ3v) is 3.21. The van der Waals surface area contributed by atoms with Gasteiger partial charge in [0.2, 0.25) is 0 Å². The molecule has 6 heteroatoms. The molecule has 0 aliphatic heterocycles. The lowest BCUT2D eigenvalue weighted by Gasteiger charge is -2.19. The first-order chi connectivity index (χ1) is 5.65. The highest BCUT2D eigenvalue weighted by atomic mass is 31.1. The van der Waals surface area contributed by atoms with Crippen LogP contribution in [0.15, 0.2) is 0 Å². The summed E-state index contributed by atoms with van der Waals surface area (Å²) in [6.45, 7) is 2.33. The number of rotatable bonds is 5. The van der Waals surface area contributed by atoms with Gasteiger partial charge in [0.1, 0.15) is 0 Å². The summed E-state index contributed by atoms with van der Waals surface area (Å²) in [5.41, 5.74) is 0. The molecule has 4 nitrogen and oxygen atoms in total. The first kappa shape index (κ1) is 12.2. The summed E-state index contributed by atoms with van der Waals surface area (Å²) in [7, 11) is 4.40. The largest absolute Gasteiger partial charge is 0.467 e. The normalized spacial score (nSPS) is 14.1. The average molecular weight is 211 g/mol. The number of hydrogen-bond acceptors (Lipinski definition) is 4. The first-order valence-electron chi connectivity index (χ1n) is 3.54. The molecule has 0 aromatic carbocycles. The predicted octanol–water partition coefficient (Wildman–Crippen LogP) is -0.122. The van der Waals surface area contributed by atoms with E-state index in [0.29, 0.717) is 15.3 Å². The Labute approximate surface area is 76.7 Å². The SMILES string of the molecule is COC(=O)[C@@H](O)CN(CP)PC. The van der Waals surface area contributed by atoms with Gasteiger partial charge in [-0.05, 0) is 6.66 Å². The van der Waals surface area contributed by atoms with Crippen LogP contribution in [0, 0.1) is 0 Å². The lowest BCUT2D eigenvalue weighted by atomic mass is 10.4. The minimum atomic E-state index is -1.03. The second kappa shape index (κ2) is 6.73. The molecule has 0 rings (SSSR count). The zero-order valence-electron chi connectivity index (χ0n) is 7.28. The maximum atomic E-state index is 10.8. The highest BCUT2D eigenvalue weighted by molar-refractivity contribution is 7.35. The predicted molar refractivity (Wildman–Crippen MR) is 53.5 cm³/mol. The van der Waals surface area contributed by atoms with Gasteiger partial charge in [0, 0.05) is 12.8 Å². The van der Waals surface area contributed by atoms with Crippen molar-refractivity contribution in [2.45, 2.75) is 6.10 Å². The number of hydrogen-bond donors (Lipinski definition) is 1. The van der Waals surface area contributed by atoms with Crippen molar-refractivity contribution < 1.29 is 14.6 Å². The smallest absolute Gasteiger partial charge is 0.336 e. The van der Waals surface area contributed by atoms with E-state index in [1.54, 1.807) is 0 Å². The van der Waals surface area contributed by atoms with Gasteiger partial charge in [-0.3, -0.25) is 4.67 Å². The van der Waals surface area contributed by atoms with Gasteiger partial charge in [-0.25, -0.2) is 4.79 Å². The van der Waals surface area contributed by atoms with Gasteiger partial charge in [-0.15, -0.1) is 9.24 Å². The van der Waals surface area contributed by atoms with Crippen molar-refractivity contribution in [3.8, 4) is 0 Å². The van der Waals surface area contributed by atoms with E-state index in [9.17, 15) is 9.90 Å². The lowest BCUT2D eigenvalue weighted by molar-refractivity contribution is -0.150. The van der Waals surface area contributed by atoms with E-state index >= 15 is 0 Å². The van der Waals surface area contributed by atoms with Crippen LogP contribution in [-0.2, 0) is 9.53 Å². The summed E-state index contributed by atoms with van der Waals surface area (Å²) in [5, 5.41) is 9.23. The van der Waals surface area contributed by atoms with Crippen molar-refractivity contribution in [1.29, 1.82) is 0 Å². The zero-order chi connectivity index (χ0) is 9.56. The quantitative estimate of drug-likeness (QED) is 0.508. The molecule has 0 aromatic heterocycles. The van der Waals surface area contributed by atoms with Gasteiger partial charge in [0.25, 0.3) is 0 Å². The fourth-order valence-electron chi connectivity index (χ4n) is 0.676. The minimum Gasteiger partial charge on any atom is -0.467 e. The molecular weight excluding hydrogens is 196 g/mol. The molecule has 0 saturated carbocycles. The highest BCUT2D eigenvalue weighted by Crippen LogP contribution is 2.14. The second-order valence-electron chi connectivity index (χ2n) is 2.17. The molecule has 0 aromatic rings. The molecule has 0 saturated heterocycles. The summed E-state index contributed by atoms with van der Waals surface area (Å²) in [6.07, 6.45) is -0.272. The molecule has 0 aliphatic rings. The number of methoxy groups -OCH3 is 1. The third-order valence-electron chi connectivity index (χ3n) is 1.40.